The molecule has 4 aliphatic rings. The molecule has 8 atom stereocenters. The average Bonchev–Trinajstić information content (AvgIpc) is 3.83. The normalized spacial score (nSPS) is 26.3. The van der Waals surface area contributed by atoms with Crippen molar-refractivity contribution >= 4 is 51.2 Å². The molecule has 3 amide bonds. The molecule has 4 fully saturated rings. The summed E-state index contributed by atoms with van der Waals surface area (Å²) in [4.78, 5) is 65.7. The molecule has 0 radical (unpaired) electrons. The van der Waals surface area contributed by atoms with E-state index >= 15 is 0 Å². The number of carbonyl (C=O) groups excluding carboxylic acids is 3. The number of ether oxygens (including phenoxy) is 3. The van der Waals surface area contributed by atoms with E-state index in [1.165, 1.54) is 28.7 Å². The van der Waals surface area contributed by atoms with Crippen LogP contribution in [0.25, 0.3) is 22.3 Å². The number of aliphatic carboxylic acids is 1. The van der Waals surface area contributed by atoms with Gasteiger partial charge in [0.15, 0.2) is 11.7 Å². The Morgan fingerprint density at radius 1 is 1.10 bits per heavy atom. The fourth-order valence-corrected chi connectivity index (χ4v) is 9.18. The molecular weight excluding hydrogens is 763 g/mol. The number of aryl methyl sites for hydroxylation is 1. The number of thiazole rings is 1. The molecule has 58 heavy (non-hydrogen) atoms. The molecule has 0 bridgehead atoms. The number of hydrogen-bond acceptors (Lipinski definition) is 12. The van der Waals surface area contributed by atoms with Gasteiger partial charge in [-0.05, 0) is 75.8 Å². The van der Waals surface area contributed by atoms with Crippen LogP contribution in [-0.2, 0) is 19.1 Å². The predicted molar refractivity (Wildman–Crippen MR) is 216 cm³/mol. The Bertz CT molecular complexity index is 2170. The highest BCUT2D eigenvalue weighted by atomic mass is 32.1. The highest BCUT2D eigenvalue weighted by molar-refractivity contribution is 7.14. The van der Waals surface area contributed by atoms with Gasteiger partial charge in [-0.15, -0.1) is 17.9 Å². The molecule has 3 saturated carbocycles. The fourth-order valence-electron chi connectivity index (χ4n) is 8.33. The Kier molecular flexibility index (Phi) is 11.1. The number of carboxylic acids is 1. The van der Waals surface area contributed by atoms with E-state index in [4.69, 9.17) is 24.2 Å². The molecule has 0 spiro atoms. The smallest absolute Gasteiger partial charge is 0.408 e. The fraction of sp³-hybridized carbons (Fsp3) is 0.548. The summed E-state index contributed by atoms with van der Waals surface area (Å²) >= 11 is 1.44. The monoisotopic (exact) mass is 813 g/mol. The first kappa shape index (κ1) is 40.8. The molecule has 3 aromatic rings. The van der Waals surface area contributed by atoms with Gasteiger partial charge in [-0.2, -0.15) is 5.26 Å². The molecule has 1 aliphatic heterocycles. The molecule has 4 N–H and O–H groups in total. The Labute approximate surface area is 341 Å². The van der Waals surface area contributed by atoms with Crippen LogP contribution in [0.1, 0.15) is 72.3 Å². The number of nitriles is 1. The molecular formula is C42H51N7O8S. The molecule has 15 nitrogen and oxygen atoms in total. The number of nitrogens with one attached hydrogen (secondary N) is 3. The van der Waals surface area contributed by atoms with Crippen LogP contribution in [0.15, 0.2) is 36.2 Å². The minimum atomic E-state index is -1.53. The van der Waals surface area contributed by atoms with Crippen molar-refractivity contribution in [3.63, 3.8) is 0 Å². The summed E-state index contributed by atoms with van der Waals surface area (Å²) < 4.78 is 18.2. The van der Waals surface area contributed by atoms with Crippen molar-refractivity contribution < 1.29 is 38.5 Å². The van der Waals surface area contributed by atoms with Crippen molar-refractivity contribution in [2.45, 2.75) is 110 Å². The van der Waals surface area contributed by atoms with Crippen LogP contribution in [-0.4, -0.2) is 92.9 Å². The standard InChI is InChI=1S/C42H51N7O8S/c1-8-25-18-42(25,38(52)53)48-36(50)31-16-27(19-49(31)37(51)35(41(5,6)7)47-40(54)57-26-14-23-13-24(23)15-26)56-33-17-29(30-20-58-39(46-30)44-21(2)3)45-34-22(4)32(55-12-11-43)10-9-28(33)34/h8-10,17,20-21,23-27,31,35H,1,12-16,18-19H2,2-7H3,(H,44,46)(H,47,54)(H,48,50)(H,52,53)/t23-,24+,25-,26?,27-,31+,35-,42-/m1/s1. The first-order chi connectivity index (χ1) is 27.5. The molecule has 1 unspecified atom stereocenters. The van der Waals surface area contributed by atoms with E-state index in [0.717, 1.165) is 18.0 Å². The molecule has 7 rings (SSSR count). The van der Waals surface area contributed by atoms with Crippen molar-refractivity contribution in [2.24, 2.45) is 23.2 Å². The summed E-state index contributed by atoms with van der Waals surface area (Å²) in [5.41, 5.74) is 0.0170. The highest BCUT2D eigenvalue weighted by Crippen LogP contribution is 2.52. The number of nitrogens with zero attached hydrogens (tertiary/aromatic N) is 4. The number of fused-ring (bicyclic) bond motifs is 2. The Morgan fingerprint density at radius 3 is 2.48 bits per heavy atom. The number of likely N-dealkylation sites (tertiary alicyclic amines) is 1. The van der Waals surface area contributed by atoms with Crippen LogP contribution in [0.3, 0.4) is 0 Å². The molecule has 1 aromatic carbocycles. The van der Waals surface area contributed by atoms with Crippen LogP contribution in [0.4, 0.5) is 9.93 Å². The number of benzene rings is 1. The lowest BCUT2D eigenvalue weighted by Gasteiger charge is -2.35. The van der Waals surface area contributed by atoms with Gasteiger partial charge < -0.3 is 40.2 Å². The number of carboxylic acid groups (broad SMARTS) is 1. The van der Waals surface area contributed by atoms with E-state index in [1.807, 2.05) is 53.0 Å². The van der Waals surface area contributed by atoms with Crippen LogP contribution in [0.2, 0.25) is 0 Å². The zero-order valence-electron chi connectivity index (χ0n) is 33.7. The number of anilines is 1. The SMILES string of the molecule is C=C[C@@H]1C[C@]1(NC(=O)[C@@H]1C[C@@H](Oc2cc(-c3csc(NC(C)C)n3)nc3c(C)c(OCC#N)ccc23)CN1C(=O)[C@@H](NC(=O)OC1C[C@@H]2C[C@@H]2C1)C(C)(C)C)C(=O)O. The second-order valence-corrected chi connectivity index (χ2v) is 18.2. The summed E-state index contributed by atoms with van der Waals surface area (Å²) in [6, 6.07) is 5.23. The van der Waals surface area contributed by atoms with Crippen molar-refractivity contribution in [3.05, 3.63) is 41.8 Å². The third-order valence-corrected chi connectivity index (χ3v) is 12.4. The van der Waals surface area contributed by atoms with E-state index < -0.39 is 58.9 Å². The number of hydrogen-bond donors (Lipinski definition) is 4. The Morgan fingerprint density at radius 2 is 1.84 bits per heavy atom. The van der Waals surface area contributed by atoms with E-state index in [1.54, 1.807) is 18.2 Å². The van der Waals surface area contributed by atoms with E-state index in [2.05, 4.69) is 22.5 Å². The van der Waals surface area contributed by atoms with Gasteiger partial charge in [0.05, 0.1) is 17.8 Å². The van der Waals surface area contributed by atoms with Crippen molar-refractivity contribution in [3.8, 4) is 29.0 Å². The minimum Gasteiger partial charge on any atom is -0.488 e. The van der Waals surface area contributed by atoms with E-state index in [0.29, 0.717) is 51.2 Å². The highest BCUT2D eigenvalue weighted by Gasteiger charge is 2.61. The van der Waals surface area contributed by atoms with E-state index in [9.17, 15) is 29.5 Å². The number of amides is 3. The third kappa shape index (κ3) is 8.27. The second kappa shape index (κ2) is 15.7. The predicted octanol–water partition coefficient (Wildman–Crippen LogP) is 5.82. The molecule has 16 heteroatoms. The zero-order chi connectivity index (χ0) is 41.7. The first-order valence-electron chi connectivity index (χ1n) is 19.8. The molecule has 308 valence electrons. The van der Waals surface area contributed by atoms with Crippen LogP contribution >= 0.6 is 11.3 Å². The van der Waals surface area contributed by atoms with Crippen molar-refractivity contribution in [1.82, 2.24) is 25.5 Å². The first-order valence-corrected chi connectivity index (χ1v) is 20.7. The average molecular weight is 814 g/mol. The van der Waals surface area contributed by atoms with Gasteiger partial charge in [0, 0.05) is 40.8 Å². The number of carbonyl (C=O) groups is 4. The van der Waals surface area contributed by atoms with Gasteiger partial charge in [0.1, 0.15) is 53.1 Å². The maximum atomic E-state index is 14.7. The molecule has 3 heterocycles. The number of aromatic nitrogens is 2. The molecule has 2 aromatic heterocycles. The summed E-state index contributed by atoms with van der Waals surface area (Å²) in [7, 11) is 0. The number of rotatable bonds is 14. The minimum absolute atomic E-state index is 0.0266. The Hall–Kier alpha value is -5.43. The van der Waals surface area contributed by atoms with Gasteiger partial charge in [-0.25, -0.2) is 19.6 Å². The Balaban J connectivity index is 1.21. The largest absolute Gasteiger partial charge is 0.488 e. The van der Waals surface area contributed by atoms with Gasteiger partial charge in [-0.3, -0.25) is 9.59 Å². The van der Waals surface area contributed by atoms with Crippen LogP contribution in [0.5, 0.6) is 11.5 Å². The van der Waals surface area contributed by atoms with Crippen molar-refractivity contribution in [2.75, 3.05) is 18.5 Å². The quantitative estimate of drug-likeness (QED) is 0.142. The summed E-state index contributed by atoms with van der Waals surface area (Å²) in [5, 5.41) is 31.4. The van der Waals surface area contributed by atoms with E-state index in [-0.39, 0.29) is 38.1 Å². The topological polar surface area (TPSA) is 205 Å². The van der Waals surface area contributed by atoms with Crippen molar-refractivity contribution in [1.29, 1.82) is 5.26 Å². The van der Waals surface area contributed by atoms with Gasteiger partial charge in [-0.1, -0.05) is 26.8 Å². The zero-order valence-corrected chi connectivity index (χ0v) is 34.5. The van der Waals surface area contributed by atoms with Gasteiger partial charge in [0.2, 0.25) is 11.8 Å². The summed E-state index contributed by atoms with van der Waals surface area (Å²) in [5.74, 6) is -0.736. The second-order valence-electron chi connectivity index (χ2n) is 17.4. The van der Waals surface area contributed by atoms with Crippen LogP contribution < -0.4 is 25.4 Å². The van der Waals surface area contributed by atoms with Gasteiger partial charge >= 0.3 is 12.1 Å². The maximum absolute atomic E-state index is 14.7. The summed E-state index contributed by atoms with van der Waals surface area (Å²) in [6.45, 7) is 14.9. The summed E-state index contributed by atoms with van der Waals surface area (Å²) in [6.07, 6.45) is 2.86. The lowest BCUT2D eigenvalue weighted by molar-refractivity contribution is -0.146. The third-order valence-electron chi connectivity index (χ3n) is 11.6. The van der Waals surface area contributed by atoms with Gasteiger partial charge in [0.25, 0.3) is 0 Å². The lowest BCUT2D eigenvalue weighted by Crippen LogP contribution is -2.59. The number of pyridine rings is 1. The maximum Gasteiger partial charge on any atom is 0.408 e. The lowest BCUT2D eigenvalue weighted by atomic mass is 9.85. The molecule has 1 saturated heterocycles. The number of alkyl carbamates (subject to hydrolysis) is 1. The van der Waals surface area contributed by atoms with Crippen LogP contribution in [0, 0.1) is 41.4 Å². The molecule has 3 aliphatic carbocycles.